The Balaban J connectivity index is 0.000000221. The maximum Gasteiger partial charge on any atom is 0.417 e. The van der Waals surface area contributed by atoms with Crippen LogP contribution < -0.4 is 10.6 Å². The Kier molecular flexibility index (Phi) is 16.2. The van der Waals surface area contributed by atoms with Crippen LogP contribution in [-0.2, 0) is 83.2 Å². The van der Waals surface area contributed by atoms with Gasteiger partial charge in [0.1, 0.15) is 24.2 Å². The fourth-order valence-electron chi connectivity index (χ4n) is 9.23. The molecule has 20 nitrogen and oxygen atoms in total. The van der Waals surface area contributed by atoms with Gasteiger partial charge in [0.05, 0.1) is 94.2 Å². The van der Waals surface area contributed by atoms with Gasteiger partial charge in [0.25, 0.3) is 0 Å². The van der Waals surface area contributed by atoms with Gasteiger partial charge in [-0.25, -0.2) is 16.8 Å². The zero-order valence-corrected chi connectivity index (χ0v) is 42.6. The molecule has 6 atom stereocenters. The van der Waals surface area contributed by atoms with Gasteiger partial charge in [-0.2, -0.15) is 47.1 Å². The summed E-state index contributed by atoms with van der Waals surface area (Å²) in [7, 11) is -4.10. The summed E-state index contributed by atoms with van der Waals surface area (Å²) in [5.41, 5.74) is -4.06. The molecule has 4 saturated carbocycles. The number of carbonyl (C=O) groups excluding carboxylic acids is 4. The van der Waals surface area contributed by atoms with Crippen LogP contribution in [0.25, 0.3) is 22.3 Å². The highest BCUT2D eigenvalue weighted by atomic mass is 32.2. The number of sulfone groups is 2. The van der Waals surface area contributed by atoms with Crippen LogP contribution in [0.3, 0.4) is 0 Å². The van der Waals surface area contributed by atoms with Crippen molar-refractivity contribution in [3.05, 3.63) is 72.3 Å². The van der Waals surface area contributed by atoms with Crippen molar-refractivity contribution in [2.24, 2.45) is 11.8 Å². The van der Waals surface area contributed by atoms with E-state index in [1.807, 2.05) is 12.1 Å². The number of carbonyl (C=O) groups is 4. The third-order valence-corrected chi connectivity index (χ3v) is 18.3. The highest BCUT2D eigenvalue weighted by molar-refractivity contribution is 7.92. The molecule has 2 amide bonds. The predicted octanol–water partition coefficient (Wildman–Crippen LogP) is 4.96. The Morgan fingerprint density at radius 3 is 1.26 bits per heavy atom. The van der Waals surface area contributed by atoms with Crippen molar-refractivity contribution in [3.8, 4) is 34.4 Å². The highest BCUT2D eigenvalue weighted by Gasteiger charge is 2.53. The van der Waals surface area contributed by atoms with Gasteiger partial charge in [-0.3, -0.25) is 28.5 Å². The van der Waals surface area contributed by atoms with Gasteiger partial charge in [0, 0.05) is 37.7 Å². The summed E-state index contributed by atoms with van der Waals surface area (Å²) in [4.78, 5) is 46.7. The van der Waals surface area contributed by atoms with Crippen molar-refractivity contribution in [2.45, 2.75) is 120 Å². The molecule has 28 heteroatoms. The smallest absolute Gasteiger partial charge is 0.417 e. The number of halogens is 6. The zero-order valence-electron chi connectivity index (χ0n) is 41.0. The summed E-state index contributed by atoms with van der Waals surface area (Å²) < 4.78 is 161. The molecule has 2 heterocycles. The van der Waals surface area contributed by atoms with Gasteiger partial charge in [-0.05, 0) is 86.8 Å². The van der Waals surface area contributed by atoms with Gasteiger partial charge in [-0.15, -0.1) is 0 Å². The Bertz CT molecular complexity index is 3000. The lowest BCUT2D eigenvalue weighted by Gasteiger charge is -2.19. The average Bonchev–Trinajstić information content (AvgIpc) is 3.93. The van der Waals surface area contributed by atoms with Crippen molar-refractivity contribution in [1.82, 2.24) is 30.2 Å². The molecular formula is C48H50F6N8O12S2. The number of amides is 2. The largest absolute Gasteiger partial charge is 0.468 e. The highest BCUT2D eigenvalue weighted by Crippen LogP contribution is 2.45. The first-order chi connectivity index (χ1) is 35.7. The number of rotatable bonds is 16. The van der Waals surface area contributed by atoms with Crippen LogP contribution in [0.2, 0.25) is 0 Å². The number of aromatic nitrogens is 4. The van der Waals surface area contributed by atoms with Crippen LogP contribution in [-0.4, -0.2) is 122 Å². The minimum atomic E-state index is -5.00. The predicted molar refractivity (Wildman–Crippen MR) is 250 cm³/mol. The van der Waals surface area contributed by atoms with E-state index in [0.29, 0.717) is 25.7 Å². The van der Waals surface area contributed by atoms with E-state index in [9.17, 15) is 72.9 Å². The number of alkyl halides is 6. The SMILES string of the molecule is COC(=O)Cn1cc(-c2ccc(S(=O)(=O)[C@@H]3C[C@H](OC)[C@@H](C(=O)NC4(C#N)CC4)C3)c(C(F)(F)F)c2)cn1.COC(=O)Cn1cc(-c2ccc(S(=O)(=O)[C@H]3C[C@@H](OC)[C@H](C(=O)NC4(C#N)CC4)C3)c(C(F)(F)F)c2)cn1. The summed E-state index contributed by atoms with van der Waals surface area (Å²) in [5, 5.41) is 29.0. The molecule has 8 rings (SSSR count). The maximum atomic E-state index is 14.1. The van der Waals surface area contributed by atoms with Gasteiger partial charge in [0.15, 0.2) is 19.7 Å². The Labute approximate surface area is 431 Å². The van der Waals surface area contributed by atoms with E-state index in [2.05, 4.69) is 30.3 Å². The normalized spacial score (nSPS) is 22.5. The minimum absolute atomic E-state index is 0.0528. The quantitative estimate of drug-likeness (QED) is 0.111. The molecule has 0 saturated heterocycles. The number of benzene rings is 2. The molecule has 0 radical (unpaired) electrons. The van der Waals surface area contributed by atoms with Crippen molar-refractivity contribution in [3.63, 3.8) is 0 Å². The lowest BCUT2D eigenvalue weighted by molar-refractivity contribution is -0.142. The molecule has 0 aliphatic heterocycles. The van der Waals surface area contributed by atoms with E-state index in [-0.39, 0.29) is 61.0 Å². The van der Waals surface area contributed by atoms with Crippen molar-refractivity contribution >= 4 is 43.4 Å². The third-order valence-electron chi connectivity index (χ3n) is 13.9. The molecule has 4 aliphatic carbocycles. The molecule has 4 fully saturated rings. The number of ether oxygens (including phenoxy) is 4. The Morgan fingerprint density at radius 2 is 0.974 bits per heavy atom. The van der Waals surface area contributed by atoms with E-state index >= 15 is 0 Å². The average molecular weight is 1110 g/mol. The molecule has 4 aliphatic rings. The van der Waals surface area contributed by atoms with Gasteiger partial charge >= 0.3 is 24.3 Å². The summed E-state index contributed by atoms with van der Waals surface area (Å²) in [6.45, 7) is -0.497. The molecular weight excluding hydrogens is 1060 g/mol. The van der Waals surface area contributed by atoms with E-state index in [0.717, 1.165) is 24.3 Å². The second kappa shape index (κ2) is 21.6. The van der Waals surface area contributed by atoms with Crippen molar-refractivity contribution in [1.29, 1.82) is 10.5 Å². The Morgan fingerprint density at radius 1 is 0.618 bits per heavy atom. The fourth-order valence-corrected chi connectivity index (χ4v) is 13.2. The second-order valence-electron chi connectivity index (χ2n) is 18.8. The molecule has 2 aromatic carbocycles. The van der Waals surface area contributed by atoms with Crippen molar-refractivity contribution in [2.75, 3.05) is 28.4 Å². The molecule has 0 bridgehead atoms. The number of hydrogen-bond acceptors (Lipinski definition) is 16. The van der Waals surface area contributed by atoms with Crippen LogP contribution in [0.1, 0.15) is 62.5 Å². The van der Waals surface area contributed by atoms with Crippen molar-refractivity contribution < 1.29 is 81.3 Å². The van der Waals surface area contributed by atoms with Crippen LogP contribution >= 0.6 is 0 Å². The van der Waals surface area contributed by atoms with E-state index in [1.165, 1.54) is 74.7 Å². The lowest BCUT2D eigenvalue weighted by Crippen LogP contribution is -2.42. The summed E-state index contributed by atoms with van der Waals surface area (Å²) in [5.74, 6) is -4.17. The number of nitrogens with zero attached hydrogens (tertiary/aromatic N) is 6. The minimum Gasteiger partial charge on any atom is -0.468 e. The van der Waals surface area contributed by atoms with Crippen LogP contribution in [0, 0.1) is 34.5 Å². The number of methoxy groups -OCH3 is 4. The molecule has 0 spiro atoms. The summed E-state index contributed by atoms with van der Waals surface area (Å²) in [6.07, 6.45) is -5.39. The molecule has 2 aromatic heterocycles. The number of nitrogens with one attached hydrogen (secondary N) is 2. The number of nitriles is 2. The zero-order chi connectivity index (χ0) is 55.8. The molecule has 408 valence electrons. The second-order valence-corrected chi connectivity index (χ2v) is 23.2. The van der Waals surface area contributed by atoms with Gasteiger partial charge < -0.3 is 29.6 Å². The van der Waals surface area contributed by atoms with Crippen LogP contribution in [0.4, 0.5) is 26.3 Å². The molecule has 4 aromatic rings. The third kappa shape index (κ3) is 12.2. The number of hydrogen-bond donors (Lipinski definition) is 2. The topological polar surface area (TPSA) is 281 Å². The first kappa shape index (κ1) is 56.8. The fraction of sp³-hybridized carbons (Fsp3) is 0.500. The van der Waals surface area contributed by atoms with E-state index < -0.39 is 122 Å². The molecule has 2 N–H and O–H groups in total. The van der Waals surface area contributed by atoms with Crippen LogP contribution in [0.5, 0.6) is 0 Å². The summed E-state index contributed by atoms with van der Waals surface area (Å²) >= 11 is 0. The Hall–Kier alpha value is -6.88. The molecule has 76 heavy (non-hydrogen) atoms. The first-order valence-corrected chi connectivity index (χ1v) is 26.4. The van der Waals surface area contributed by atoms with Gasteiger partial charge in [0.2, 0.25) is 11.8 Å². The molecule has 0 unspecified atom stereocenters. The van der Waals surface area contributed by atoms with E-state index in [1.54, 1.807) is 0 Å². The van der Waals surface area contributed by atoms with Gasteiger partial charge in [-0.1, -0.05) is 12.1 Å². The lowest BCUT2D eigenvalue weighted by atomic mass is 10.0. The van der Waals surface area contributed by atoms with E-state index in [4.69, 9.17) is 9.47 Å². The van der Waals surface area contributed by atoms with Crippen LogP contribution in [0.15, 0.2) is 71.0 Å². The maximum absolute atomic E-state index is 14.1. The standard InChI is InChI=1S/2C24H25F3N4O6S/c2*1-36-19-9-16(8-17(19)22(33)30-23(13-28)5-6-23)38(34,35)20-4-3-14(7-18(20)24(25,26)27)15-10-29-31(11-15)12-21(32)37-2/h2*3-4,7,10-11,16-17,19H,5-6,8-9,12H2,1-2H3,(H,30,33)/t2*16-,17-,19-/m10/s1. The first-order valence-electron chi connectivity index (χ1n) is 23.3. The monoisotopic (exact) mass is 1110 g/mol. The summed E-state index contributed by atoms with van der Waals surface area (Å²) in [6, 6.07) is 9.75. The number of esters is 2.